The van der Waals surface area contributed by atoms with Crippen LogP contribution in [0, 0.1) is 10.1 Å². The Bertz CT molecular complexity index is 673. The van der Waals surface area contributed by atoms with Crippen molar-refractivity contribution in [2.45, 2.75) is 18.1 Å². The zero-order valence-electron chi connectivity index (χ0n) is 12.0. The molecule has 0 spiro atoms. The zero-order chi connectivity index (χ0) is 16.7. The second-order valence-electron chi connectivity index (χ2n) is 4.53. The van der Waals surface area contributed by atoms with Crippen molar-refractivity contribution in [3.05, 3.63) is 75.3 Å². The number of hydrogen-bond donors (Lipinski definition) is 1. The van der Waals surface area contributed by atoms with E-state index >= 15 is 0 Å². The Labute approximate surface area is 136 Å². The molecule has 0 fully saturated rings. The van der Waals surface area contributed by atoms with E-state index in [1.807, 2.05) is 24.3 Å². The van der Waals surface area contributed by atoms with Crippen LogP contribution in [-0.2, 0) is 22.8 Å². The van der Waals surface area contributed by atoms with Crippen LogP contribution in [0.3, 0.4) is 0 Å². The number of benzene rings is 2. The van der Waals surface area contributed by atoms with E-state index < -0.39 is 11.1 Å². The van der Waals surface area contributed by atoms with Crippen LogP contribution in [-0.4, -0.2) is 11.1 Å². The molecule has 0 saturated carbocycles. The van der Waals surface area contributed by atoms with Gasteiger partial charge in [-0.15, -0.1) is 10.1 Å². The third kappa shape index (κ3) is 5.28. The van der Waals surface area contributed by atoms with Crippen LogP contribution in [0.5, 0.6) is 0 Å². The standard InChI is InChI=1S/C15H14N2O5S/c16-23-14-7-3-11(4-8-14)9-21-15(18)13-5-1-12(2-6-13)10-22-17(19)20/h1-8H,9-10,16H2. The van der Waals surface area contributed by atoms with Crippen LogP contribution in [0.1, 0.15) is 21.5 Å². The summed E-state index contributed by atoms with van der Waals surface area (Å²) in [6.45, 7) is -0.00559. The van der Waals surface area contributed by atoms with Gasteiger partial charge in [-0.1, -0.05) is 24.3 Å². The number of hydrogen-bond acceptors (Lipinski definition) is 7. The molecule has 0 aliphatic rings. The molecule has 0 bridgehead atoms. The average molecular weight is 334 g/mol. The van der Waals surface area contributed by atoms with Crippen LogP contribution in [0.15, 0.2) is 53.4 Å². The van der Waals surface area contributed by atoms with Gasteiger partial charge in [0, 0.05) is 4.90 Å². The lowest BCUT2D eigenvalue weighted by atomic mass is 10.1. The van der Waals surface area contributed by atoms with Crippen molar-refractivity contribution in [3.8, 4) is 0 Å². The molecule has 0 saturated heterocycles. The molecular formula is C15H14N2O5S. The molecule has 0 unspecified atom stereocenters. The summed E-state index contributed by atoms with van der Waals surface area (Å²) >= 11 is 1.15. The highest BCUT2D eigenvalue weighted by Gasteiger charge is 2.08. The van der Waals surface area contributed by atoms with E-state index in [4.69, 9.17) is 9.88 Å². The van der Waals surface area contributed by atoms with Gasteiger partial charge in [-0.05, 0) is 47.3 Å². The first-order valence-electron chi connectivity index (χ1n) is 6.57. The number of nitrogens with zero attached hydrogens (tertiary/aromatic N) is 1. The van der Waals surface area contributed by atoms with Crippen molar-refractivity contribution in [2.75, 3.05) is 0 Å². The molecular weight excluding hydrogens is 320 g/mol. The molecule has 8 heteroatoms. The first-order chi connectivity index (χ1) is 11.1. The van der Waals surface area contributed by atoms with Gasteiger partial charge in [0.1, 0.15) is 13.2 Å². The summed E-state index contributed by atoms with van der Waals surface area (Å²) in [7, 11) is 0. The molecule has 0 amide bonds. The van der Waals surface area contributed by atoms with E-state index in [1.54, 1.807) is 12.1 Å². The van der Waals surface area contributed by atoms with E-state index in [0.29, 0.717) is 11.1 Å². The molecule has 7 nitrogen and oxygen atoms in total. The minimum Gasteiger partial charge on any atom is -0.457 e. The fraction of sp³-hybridized carbons (Fsp3) is 0.133. The molecule has 23 heavy (non-hydrogen) atoms. The number of esters is 1. The largest absolute Gasteiger partial charge is 0.457 e. The lowest BCUT2D eigenvalue weighted by molar-refractivity contribution is -0.763. The predicted molar refractivity (Wildman–Crippen MR) is 83.8 cm³/mol. The molecule has 2 N–H and O–H groups in total. The number of carbonyl (C=O) groups is 1. The molecule has 2 aromatic carbocycles. The number of ether oxygens (including phenoxy) is 1. The van der Waals surface area contributed by atoms with Gasteiger partial charge >= 0.3 is 5.97 Å². The van der Waals surface area contributed by atoms with Crippen LogP contribution in [0.25, 0.3) is 0 Å². The zero-order valence-corrected chi connectivity index (χ0v) is 12.8. The van der Waals surface area contributed by atoms with Gasteiger partial charge < -0.3 is 9.57 Å². The third-order valence-electron chi connectivity index (χ3n) is 2.96. The van der Waals surface area contributed by atoms with Crippen LogP contribution in [0.2, 0.25) is 0 Å². The van der Waals surface area contributed by atoms with E-state index in [2.05, 4.69) is 4.84 Å². The molecule has 0 atom stereocenters. The Hall–Kier alpha value is -2.58. The van der Waals surface area contributed by atoms with Crippen LogP contribution >= 0.6 is 11.9 Å². The first kappa shape index (κ1) is 16.8. The second kappa shape index (κ2) is 8.16. The number of nitrogens with two attached hydrogens (primary N) is 1. The molecule has 0 aromatic heterocycles. The summed E-state index contributed by atoms with van der Waals surface area (Å²) in [6, 6.07) is 13.6. The van der Waals surface area contributed by atoms with Gasteiger partial charge in [-0.25, -0.2) is 4.79 Å². The minimum absolute atomic E-state index is 0.153. The molecule has 0 aliphatic heterocycles. The Balaban J connectivity index is 1.88. The summed E-state index contributed by atoms with van der Waals surface area (Å²) in [5.74, 6) is -0.468. The second-order valence-corrected chi connectivity index (χ2v) is 5.24. The lowest BCUT2D eigenvalue weighted by Crippen LogP contribution is -2.06. The lowest BCUT2D eigenvalue weighted by Gasteiger charge is -2.06. The topological polar surface area (TPSA) is 105 Å². The normalized spacial score (nSPS) is 10.1. The van der Waals surface area contributed by atoms with Gasteiger partial charge in [-0.2, -0.15) is 0 Å². The molecule has 0 aliphatic carbocycles. The van der Waals surface area contributed by atoms with Crippen LogP contribution < -0.4 is 5.14 Å². The van der Waals surface area contributed by atoms with Gasteiger partial charge in [0.2, 0.25) is 0 Å². The Morgan fingerprint density at radius 2 is 1.61 bits per heavy atom. The van der Waals surface area contributed by atoms with Crippen LogP contribution in [0.4, 0.5) is 0 Å². The SMILES string of the molecule is NSc1ccc(COC(=O)c2ccc(CO[N+](=O)[O-])cc2)cc1. The van der Waals surface area contributed by atoms with Crippen molar-refractivity contribution in [1.29, 1.82) is 0 Å². The fourth-order valence-corrected chi connectivity index (χ4v) is 2.05. The highest BCUT2D eigenvalue weighted by molar-refractivity contribution is 7.97. The summed E-state index contributed by atoms with van der Waals surface area (Å²) in [5.41, 5.74) is 1.81. The smallest absolute Gasteiger partial charge is 0.338 e. The van der Waals surface area contributed by atoms with Crippen molar-refractivity contribution in [3.63, 3.8) is 0 Å². The Morgan fingerprint density at radius 3 is 2.17 bits per heavy atom. The van der Waals surface area contributed by atoms with Crippen molar-refractivity contribution in [1.82, 2.24) is 0 Å². The molecule has 0 radical (unpaired) electrons. The Kier molecular flexibility index (Phi) is 5.95. The quantitative estimate of drug-likeness (QED) is 0.359. The monoisotopic (exact) mass is 334 g/mol. The highest BCUT2D eigenvalue weighted by Crippen LogP contribution is 2.14. The van der Waals surface area contributed by atoms with Gasteiger partial charge in [-0.3, -0.25) is 5.14 Å². The van der Waals surface area contributed by atoms with E-state index in [9.17, 15) is 14.9 Å². The van der Waals surface area contributed by atoms with Gasteiger partial charge in [0.25, 0.3) is 5.09 Å². The van der Waals surface area contributed by atoms with Crippen molar-refractivity contribution < 1.29 is 19.5 Å². The fourth-order valence-electron chi connectivity index (χ4n) is 1.76. The molecule has 2 rings (SSSR count). The minimum atomic E-state index is -0.864. The van der Waals surface area contributed by atoms with E-state index in [-0.39, 0.29) is 13.2 Å². The third-order valence-corrected chi connectivity index (χ3v) is 3.50. The van der Waals surface area contributed by atoms with Crippen molar-refractivity contribution >= 4 is 17.9 Å². The molecule has 2 aromatic rings. The maximum Gasteiger partial charge on any atom is 0.338 e. The maximum atomic E-state index is 11.9. The maximum absolute atomic E-state index is 11.9. The summed E-state index contributed by atoms with van der Waals surface area (Å²) in [4.78, 5) is 27.2. The summed E-state index contributed by atoms with van der Waals surface area (Å²) in [5, 5.41) is 14.7. The van der Waals surface area contributed by atoms with E-state index in [1.165, 1.54) is 12.1 Å². The number of carbonyl (C=O) groups excluding carboxylic acids is 1. The summed E-state index contributed by atoms with van der Waals surface area (Å²) < 4.78 is 5.21. The van der Waals surface area contributed by atoms with E-state index in [0.717, 1.165) is 22.4 Å². The highest BCUT2D eigenvalue weighted by atomic mass is 32.2. The first-order valence-corrected chi connectivity index (χ1v) is 7.45. The average Bonchev–Trinajstić information content (AvgIpc) is 2.58. The summed E-state index contributed by atoms with van der Waals surface area (Å²) in [6.07, 6.45) is 0. The Morgan fingerprint density at radius 1 is 1.04 bits per heavy atom. The van der Waals surface area contributed by atoms with Gasteiger partial charge in [0.05, 0.1) is 5.56 Å². The molecule has 0 heterocycles. The van der Waals surface area contributed by atoms with Gasteiger partial charge in [0.15, 0.2) is 0 Å². The number of rotatable bonds is 7. The molecule has 120 valence electrons. The predicted octanol–water partition coefficient (Wildman–Crippen LogP) is 2.72. The van der Waals surface area contributed by atoms with Crippen molar-refractivity contribution in [2.24, 2.45) is 5.14 Å².